The van der Waals surface area contributed by atoms with Gasteiger partial charge in [0.2, 0.25) is 0 Å². The predicted molar refractivity (Wildman–Crippen MR) is 82.1 cm³/mol. The first-order valence-corrected chi connectivity index (χ1v) is 7.39. The summed E-state index contributed by atoms with van der Waals surface area (Å²) in [6.45, 7) is 0. The van der Waals surface area contributed by atoms with Crippen molar-refractivity contribution in [3.05, 3.63) is 41.2 Å². The smallest absolute Gasteiger partial charge is 0.181 e. The van der Waals surface area contributed by atoms with E-state index >= 15 is 0 Å². The first-order valence-electron chi connectivity index (χ1n) is 7.39. The highest BCUT2D eigenvalue weighted by Gasteiger charge is 2.42. The van der Waals surface area contributed by atoms with Gasteiger partial charge in [0, 0.05) is 30.6 Å². The maximum Gasteiger partial charge on any atom is 0.181 e. The summed E-state index contributed by atoms with van der Waals surface area (Å²) in [6.07, 6.45) is 1.01. The summed E-state index contributed by atoms with van der Waals surface area (Å²) < 4.78 is 0. The fourth-order valence-electron chi connectivity index (χ4n) is 3.07. The van der Waals surface area contributed by atoms with E-state index in [0.717, 1.165) is 0 Å². The van der Waals surface area contributed by atoms with Crippen molar-refractivity contribution in [2.75, 3.05) is 4.90 Å². The molecule has 0 aromatic heterocycles. The summed E-state index contributed by atoms with van der Waals surface area (Å²) in [4.78, 5) is 38.1. The lowest BCUT2D eigenvalue weighted by Gasteiger charge is -2.30. The molecule has 3 rings (SSSR count). The van der Waals surface area contributed by atoms with Crippen LogP contribution < -0.4 is 10.6 Å². The molecule has 1 aromatic rings. The van der Waals surface area contributed by atoms with Gasteiger partial charge < -0.3 is 10.6 Å². The molecule has 1 saturated carbocycles. The maximum atomic E-state index is 12.3. The van der Waals surface area contributed by atoms with Crippen LogP contribution in [0, 0.1) is 11.3 Å². The van der Waals surface area contributed by atoms with Crippen LogP contribution >= 0.6 is 0 Å². The molecule has 116 valence electrons. The van der Waals surface area contributed by atoms with E-state index in [2.05, 4.69) is 0 Å². The van der Waals surface area contributed by atoms with E-state index in [4.69, 9.17) is 11.0 Å². The standard InChI is InChI=1S/C17H15N3O3/c18-9-10-2-1-3-11(8-10)20(16-12(19)4-5-13(16)21)17-14(22)6-7-15(17)23/h1-3,8,17H,4-7,19H2. The third kappa shape index (κ3) is 2.50. The number of nitriles is 1. The van der Waals surface area contributed by atoms with Crippen LogP contribution in [-0.4, -0.2) is 23.4 Å². The van der Waals surface area contributed by atoms with Gasteiger partial charge in [-0.2, -0.15) is 5.26 Å². The number of benzene rings is 1. The Labute approximate surface area is 133 Å². The van der Waals surface area contributed by atoms with Gasteiger partial charge in [-0.1, -0.05) is 6.07 Å². The molecular weight excluding hydrogens is 294 g/mol. The number of carbonyl (C=O) groups is 3. The summed E-state index contributed by atoms with van der Waals surface area (Å²) in [5.74, 6) is -0.632. The molecule has 6 nitrogen and oxygen atoms in total. The highest BCUT2D eigenvalue weighted by atomic mass is 16.2. The van der Waals surface area contributed by atoms with Crippen LogP contribution in [0.15, 0.2) is 35.7 Å². The van der Waals surface area contributed by atoms with Crippen molar-refractivity contribution in [1.82, 2.24) is 0 Å². The minimum absolute atomic E-state index is 0.166. The fraction of sp³-hybridized carbons (Fsp3) is 0.294. The van der Waals surface area contributed by atoms with Crippen molar-refractivity contribution in [1.29, 1.82) is 5.26 Å². The average Bonchev–Trinajstić information content (AvgIpc) is 3.05. The van der Waals surface area contributed by atoms with Gasteiger partial charge in [0.05, 0.1) is 11.6 Å². The topological polar surface area (TPSA) is 104 Å². The quantitative estimate of drug-likeness (QED) is 0.841. The zero-order chi connectivity index (χ0) is 16.6. The molecule has 0 radical (unpaired) electrons. The average molecular weight is 309 g/mol. The highest BCUT2D eigenvalue weighted by Crippen LogP contribution is 2.33. The molecular formula is C17H15N3O3. The molecule has 0 amide bonds. The first-order chi connectivity index (χ1) is 11.0. The summed E-state index contributed by atoms with van der Waals surface area (Å²) in [7, 11) is 0. The Morgan fingerprint density at radius 1 is 1.09 bits per heavy atom. The Morgan fingerprint density at radius 2 is 1.78 bits per heavy atom. The monoisotopic (exact) mass is 309 g/mol. The predicted octanol–water partition coefficient (Wildman–Crippen LogP) is 1.20. The van der Waals surface area contributed by atoms with Crippen molar-refractivity contribution in [2.45, 2.75) is 31.7 Å². The van der Waals surface area contributed by atoms with Gasteiger partial charge in [-0.05, 0) is 24.6 Å². The highest BCUT2D eigenvalue weighted by molar-refractivity contribution is 6.17. The lowest BCUT2D eigenvalue weighted by atomic mass is 10.1. The Morgan fingerprint density at radius 3 is 2.35 bits per heavy atom. The molecule has 0 atom stereocenters. The lowest BCUT2D eigenvalue weighted by Crippen LogP contribution is -2.44. The van der Waals surface area contributed by atoms with Crippen LogP contribution in [0.1, 0.15) is 31.2 Å². The summed E-state index contributed by atoms with van der Waals surface area (Å²) in [5, 5.41) is 9.08. The number of hydrogen-bond acceptors (Lipinski definition) is 6. The van der Waals surface area contributed by atoms with E-state index in [-0.39, 0.29) is 42.3 Å². The molecule has 0 saturated heterocycles. The minimum Gasteiger partial charge on any atom is -0.400 e. The second-order valence-corrected chi connectivity index (χ2v) is 5.66. The number of carbonyl (C=O) groups excluding carboxylic acids is 3. The third-order valence-corrected chi connectivity index (χ3v) is 4.17. The normalized spacial score (nSPS) is 18.7. The first kappa shape index (κ1) is 15.0. The van der Waals surface area contributed by atoms with Crippen LogP contribution in [0.3, 0.4) is 0 Å². The Kier molecular flexibility index (Phi) is 3.70. The molecule has 6 heteroatoms. The van der Waals surface area contributed by atoms with Gasteiger partial charge in [0.25, 0.3) is 0 Å². The SMILES string of the molecule is N#Cc1cccc(N(C2=C(N)CCC2=O)C2C(=O)CCC2=O)c1. The Balaban J connectivity index is 2.16. The number of nitrogens with zero attached hydrogens (tertiary/aromatic N) is 2. The number of hydrogen-bond donors (Lipinski definition) is 1. The Bertz CT molecular complexity index is 773. The van der Waals surface area contributed by atoms with Crippen LogP contribution in [-0.2, 0) is 14.4 Å². The molecule has 2 aliphatic carbocycles. The molecule has 0 aliphatic heterocycles. The molecule has 0 bridgehead atoms. The van der Waals surface area contributed by atoms with Crippen molar-refractivity contribution >= 4 is 23.0 Å². The van der Waals surface area contributed by atoms with Gasteiger partial charge in [0.1, 0.15) is 5.70 Å². The number of anilines is 1. The molecule has 0 heterocycles. The van der Waals surface area contributed by atoms with Gasteiger partial charge >= 0.3 is 0 Å². The molecule has 0 spiro atoms. The number of rotatable bonds is 3. The second kappa shape index (κ2) is 5.69. The molecule has 23 heavy (non-hydrogen) atoms. The molecule has 2 aliphatic rings. The van der Waals surface area contributed by atoms with Gasteiger partial charge in [0.15, 0.2) is 23.4 Å². The van der Waals surface area contributed by atoms with Gasteiger partial charge in [-0.3, -0.25) is 14.4 Å². The van der Waals surface area contributed by atoms with E-state index in [1.165, 1.54) is 4.90 Å². The number of allylic oxidation sites excluding steroid dienone is 2. The van der Waals surface area contributed by atoms with E-state index < -0.39 is 6.04 Å². The van der Waals surface area contributed by atoms with E-state index in [9.17, 15) is 14.4 Å². The fourth-order valence-corrected chi connectivity index (χ4v) is 3.07. The number of ketones is 3. The van der Waals surface area contributed by atoms with E-state index in [1.54, 1.807) is 24.3 Å². The summed E-state index contributed by atoms with van der Waals surface area (Å²) in [6, 6.07) is 7.50. The van der Waals surface area contributed by atoms with Crippen molar-refractivity contribution < 1.29 is 14.4 Å². The van der Waals surface area contributed by atoms with Crippen molar-refractivity contribution in [3.8, 4) is 6.07 Å². The summed E-state index contributed by atoms with van der Waals surface area (Å²) in [5.41, 5.74) is 7.41. The molecule has 0 unspecified atom stereocenters. The maximum absolute atomic E-state index is 12.3. The minimum atomic E-state index is -1.03. The van der Waals surface area contributed by atoms with Crippen LogP contribution in [0.5, 0.6) is 0 Å². The van der Waals surface area contributed by atoms with E-state index in [0.29, 0.717) is 23.4 Å². The van der Waals surface area contributed by atoms with Crippen molar-refractivity contribution in [2.24, 2.45) is 5.73 Å². The zero-order valence-electron chi connectivity index (χ0n) is 12.4. The second-order valence-electron chi connectivity index (χ2n) is 5.66. The number of nitrogens with two attached hydrogens (primary N) is 1. The summed E-state index contributed by atoms with van der Waals surface area (Å²) >= 11 is 0. The Hall–Kier alpha value is -2.94. The van der Waals surface area contributed by atoms with Crippen molar-refractivity contribution in [3.63, 3.8) is 0 Å². The van der Waals surface area contributed by atoms with Crippen LogP contribution in [0.4, 0.5) is 5.69 Å². The van der Waals surface area contributed by atoms with Crippen LogP contribution in [0.25, 0.3) is 0 Å². The molecule has 2 N–H and O–H groups in total. The van der Waals surface area contributed by atoms with Crippen LogP contribution in [0.2, 0.25) is 0 Å². The largest absolute Gasteiger partial charge is 0.400 e. The third-order valence-electron chi connectivity index (χ3n) is 4.17. The van der Waals surface area contributed by atoms with Gasteiger partial charge in [-0.15, -0.1) is 0 Å². The lowest BCUT2D eigenvalue weighted by molar-refractivity contribution is -0.123. The van der Waals surface area contributed by atoms with E-state index in [1.807, 2.05) is 6.07 Å². The zero-order valence-corrected chi connectivity index (χ0v) is 12.4. The number of Topliss-reactive ketones (excluding diaryl/α,β-unsaturated/α-hetero) is 3. The molecule has 1 aromatic carbocycles. The molecule has 1 fully saturated rings. The van der Waals surface area contributed by atoms with Gasteiger partial charge in [-0.25, -0.2) is 0 Å².